The highest BCUT2D eigenvalue weighted by Gasteiger charge is 2.15. The molecule has 0 bridgehead atoms. The van der Waals surface area contributed by atoms with E-state index in [1.54, 1.807) is 12.4 Å². The number of hydrogen-bond donors (Lipinski definition) is 1. The van der Waals surface area contributed by atoms with Gasteiger partial charge in [0.15, 0.2) is 5.78 Å². The molecule has 0 radical (unpaired) electrons. The fourth-order valence-corrected chi connectivity index (χ4v) is 1.27. The van der Waals surface area contributed by atoms with Crippen LogP contribution in [0.3, 0.4) is 0 Å². The molecule has 0 aromatic heterocycles. The van der Waals surface area contributed by atoms with Crippen LogP contribution >= 0.6 is 0 Å². The van der Waals surface area contributed by atoms with Gasteiger partial charge in [-0.3, -0.25) is 9.59 Å². The molecular formula is C13H15NO2. The van der Waals surface area contributed by atoms with Gasteiger partial charge < -0.3 is 5.32 Å². The molecule has 16 heavy (non-hydrogen) atoms. The van der Waals surface area contributed by atoms with Crippen molar-refractivity contribution in [2.45, 2.75) is 20.3 Å². The number of carbonyl (C=O) groups excluding carboxylic acids is 2. The smallest absolute Gasteiger partial charge is 0.229 e. The average molecular weight is 217 g/mol. The van der Waals surface area contributed by atoms with Crippen LogP contribution in [0.2, 0.25) is 0 Å². The van der Waals surface area contributed by atoms with Crippen LogP contribution in [0, 0.1) is 0 Å². The Kier molecular flexibility index (Phi) is 4.45. The van der Waals surface area contributed by atoms with Gasteiger partial charge in [0, 0.05) is 18.7 Å². The highest BCUT2D eigenvalue weighted by Crippen LogP contribution is 2.11. The molecular weight excluding hydrogens is 202 g/mol. The Morgan fingerprint density at radius 1 is 1.31 bits per heavy atom. The Morgan fingerprint density at radius 2 is 2.06 bits per heavy atom. The second-order valence-electron chi connectivity index (χ2n) is 3.53. The van der Waals surface area contributed by atoms with Gasteiger partial charge in [-0.25, -0.2) is 0 Å². The van der Waals surface area contributed by atoms with E-state index in [0.29, 0.717) is 5.57 Å². The first-order valence-electron chi connectivity index (χ1n) is 5.13. The second-order valence-corrected chi connectivity index (χ2v) is 3.53. The predicted molar refractivity (Wildman–Crippen MR) is 63.6 cm³/mol. The molecule has 0 aromatic carbocycles. The Bertz CT molecular complexity index is 412. The third kappa shape index (κ3) is 3.35. The summed E-state index contributed by atoms with van der Waals surface area (Å²) >= 11 is 0. The maximum absolute atomic E-state index is 11.6. The van der Waals surface area contributed by atoms with E-state index >= 15 is 0 Å². The fraction of sp³-hybridized carbons (Fsp3) is 0.231. The molecule has 1 aliphatic rings. The summed E-state index contributed by atoms with van der Waals surface area (Å²) in [6.45, 7) is 3.09. The molecule has 84 valence electrons. The maximum atomic E-state index is 11.6. The van der Waals surface area contributed by atoms with E-state index in [9.17, 15) is 9.59 Å². The largest absolute Gasteiger partial charge is 0.367 e. The highest BCUT2D eigenvalue weighted by molar-refractivity contribution is 6.43. The second kappa shape index (κ2) is 5.85. The molecule has 0 saturated carbocycles. The number of allylic oxidation sites excluding steroid dienone is 6. The van der Waals surface area contributed by atoms with Gasteiger partial charge in [0.05, 0.1) is 0 Å². The number of hydrogen-bond acceptors (Lipinski definition) is 3. The molecule has 1 aliphatic heterocycles. The van der Waals surface area contributed by atoms with Crippen molar-refractivity contribution in [3.05, 3.63) is 47.9 Å². The van der Waals surface area contributed by atoms with Crippen LogP contribution < -0.4 is 5.32 Å². The standard InChI is InChI=1S/C13H15NO2/c1-10-7-5-3-4-6-8-14-9-12(10)13(16)11(2)15/h3,5-9,14H,4H2,1-2H3/b5-3?,8-6+,10-7+,12-9+. The summed E-state index contributed by atoms with van der Waals surface area (Å²) in [4.78, 5) is 22.7. The molecule has 0 fully saturated rings. The van der Waals surface area contributed by atoms with E-state index in [1.807, 2.05) is 31.2 Å². The quantitative estimate of drug-likeness (QED) is 0.720. The van der Waals surface area contributed by atoms with Gasteiger partial charge in [0.25, 0.3) is 0 Å². The third-order valence-corrected chi connectivity index (χ3v) is 2.19. The fourth-order valence-electron chi connectivity index (χ4n) is 1.27. The van der Waals surface area contributed by atoms with Gasteiger partial charge in [-0.15, -0.1) is 0 Å². The third-order valence-electron chi connectivity index (χ3n) is 2.19. The van der Waals surface area contributed by atoms with E-state index in [-0.39, 0.29) is 0 Å². The Balaban J connectivity index is 3.04. The molecule has 0 aliphatic carbocycles. The van der Waals surface area contributed by atoms with Crippen LogP contribution in [0.25, 0.3) is 0 Å². The lowest BCUT2D eigenvalue weighted by atomic mass is 10.0. The normalized spacial score (nSPS) is 24.4. The summed E-state index contributed by atoms with van der Waals surface area (Å²) in [5.41, 5.74) is 1.18. The Hall–Kier alpha value is -1.90. The minimum Gasteiger partial charge on any atom is -0.367 e. The number of carbonyl (C=O) groups is 2. The van der Waals surface area contributed by atoms with E-state index < -0.39 is 11.6 Å². The van der Waals surface area contributed by atoms with Crippen LogP contribution in [0.15, 0.2) is 47.9 Å². The van der Waals surface area contributed by atoms with Gasteiger partial charge >= 0.3 is 0 Å². The summed E-state index contributed by atoms with van der Waals surface area (Å²) in [6.07, 6.45) is 11.8. The van der Waals surface area contributed by atoms with Crippen molar-refractivity contribution >= 4 is 11.6 Å². The molecule has 3 nitrogen and oxygen atoms in total. The zero-order valence-corrected chi connectivity index (χ0v) is 9.49. The lowest BCUT2D eigenvalue weighted by Gasteiger charge is -2.05. The Morgan fingerprint density at radius 3 is 2.75 bits per heavy atom. The van der Waals surface area contributed by atoms with E-state index in [2.05, 4.69) is 5.32 Å². The first-order chi connectivity index (χ1) is 7.63. The Labute approximate surface area is 95.2 Å². The molecule has 0 amide bonds. The van der Waals surface area contributed by atoms with Gasteiger partial charge in [-0.1, -0.05) is 24.3 Å². The summed E-state index contributed by atoms with van der Waals surface area (Å²) in [5, 5.41) is 2.88. The topological polar surface area (TPSA) is 46.2 Å². The van der Waals surface area contributed by atoms with Crippen LogP contribution in [-0.4, -0.2) is 11.6 Å². The minimum absolute atomic E-state index is 0.406. The lowest BCUT2D eigenvalue weighted by molar-refractivity contribution is -0.132. The number of ketones is 2. The van der Waals surface area contributed by atoms with Crippen LogP contribution in [0.1, 0.15) is 20.3 Å². The molecule has 0 saturated heterocycles. The monoisotopic (exact) mass is 217 g/mol. The summed E-state index contributed by atoms with van der Waals surface area (Å²) < 4.78 is 0. The van der Waals surface area contributed by atoms with Crippen molar-refractivity contribution in [1.82, 2.24) is 5.32 Å². The van der Waals surface area contributed by atoms with Crippen molar-refractivity contribution in [1.29, 1.82) is 0 Å². The van der Waals surface area contributed by atoms with Crippen LogP contribution in [-0.2, 0) is 9.59 Å². The molecule has 1 heterocycles. The first-order valence-corrected chi connectivity index (χ1v) is 5.13. The van der Waals surface area contributed by atoms with Gasteiger partial charge in [-0.2, -0.15) is 0 Å². The SMILES string of the molecule is CC(=O)C(=O)C1=C/N/C=C/CC=C\C=C\1C. The summed E-state index contributed by atoms with van der Waals surface area (Å²) in [5.74, 6) is -0.922. The van der Waals surface area contributed by atoms with Gasteiger partial charge in [0.2, 0.25) is 5.78 Å². The van der Waals surface area contributed by atoms with Crippen molar-refractivity contribution in [3.63, 3.8) is 0 Å². The summed E-state index contributed by atoms with van der Waals surface area (Å²) in [7, 11) is 0. The molecule has 0 aromatic rings. The first kappa shape index (κ1) is 12.2. The van der Waals surface area contributed by atoms with Gasteiger partial charge in [-0.05, 0) is 25.1 Å². The van der Waals surface area contributed by atoms with Crippen molar-refractivity contribution in [2.24, 2.45) is 0 Å². The zero-order chi connectivity index (χ0) is 12.0. The van der Waals surface area contributed by atoms with Crippen LogP contribution in [0.5, 0.6) is 0 Å². The van der Waals surface area contributed by atoms with Crippen molar-refractivity contribution < 1.29 is 9.59 Å². The minimum atomic E-state index is -0.469. The molecule has 0 spiro atoms. The van der Waals surface area contributed by atoms with E-state index in [0.717, 1.165) is 12.0 Å². The number of Topliss-reactive ketones (excluding diaryl/α,β-unsaturated/α-hetero) is 2. The molecule has 1 N–H and O–H groups in total. The molecule has 3 heteroatoms. The molecule has 0 atom stereocenters. The number of nitrogens with one attached hydrogen (secondary N) is 1. The molecule has 0 unspecified atom stereocenters. The average Bonchev–Trinajstić information content (AvgIpc) is 2.26. The predicted octanol–water partition coefficient (Wildman–Crippen LogP) is 2.04. The number of rotatable bonds is 2. The van der Waals surface area contributed by atoms with Crippen molar-refractivity contribution in [3.8, 4) is 0 Å². The molecule has 1 rings (SSSR count). The highest BCUT2D eigenvalue weighted by atomic mass is 16.2. The lowest BCUT2D eigenvalue weighted by Crippen LogP contribution is -2.15. The maximum Gasteiger partial charge on any atom is 0.229 e. The summed E-state index contributed by atoms with van der Waals surface area (Å²) in [6, 6.07) is 0. The van der Waals surface area contributed by atoms with E-state index in [1.165, 1.54) is 6.92 Å². The van der Waals surface area contributed by atoms with Crippen molar-refractivity contribution in [2.75, 3.05) is 0 Å². The van der Waals surface area contributed by atoms with E-state index in [4.69, 9.17) is 0 Å². The zero-order valence-electron chi connectivity index (χ0n) is 9.49. The van der Waals surface area contributed by atoms with Gasteiger partial charge in [0.1, 0.15) is 0 Å². The van der Waals surface area contributed by atoms with Crippen LogP contribution in [0.4, 0.5) is 0 Å².